The Hall–Kier alpha value is -1.09. The van der Waals surface area contributed by atoms with Crippen LogP contribution >= 0.6 is 0 Å². The summed E-state index contributed by atoms with van der Waals surface area (Å²) in [4.78, 5) is 6.86. The first kappa shape index (κ1) is 13.3. The number of hydrogen-bond donors (Lipinski definition) is 1. The van der Waals surface area contributed by atoms with E-state index in [0.29, 0.717) is 11.8 Å². The molecule has 1 aliphatic rings. The molecule has 2 heterocycles. The van der Waals surface area contributed by atoms with Crippen molar-refractivity contribution >= 4 is 5.69 Å². The van der Waals surface area contributed by atoms with Gasteiger partial charge in [-0.2, -0.15) is 0 Å². The lowest BCUT2D eigenvalue weighted by atomic mass is 9.93. The highest BCUT2D eigenvalue weighted by atomic mass is 16.3. The fourth-order valence-corrected chi connectivity index (χ4v) is 2.56. The van der Waals surface area contributed by atoms with Gasteiger partial charge in [0, 0.05) is 24.7 Å². The Morgan fingerprint density at radius 1 is 1.33 bits per heavy atom. The van der Waals surface area contributed by atoms with Crippen LogP contribution in [0.3, 0.4) is 0 Å². The van der Waals surface area contributed by atoms with E-state index in [9.17, 15) is 5.11 Å². The van der Waals surface area contributed by atoms with Gasteiger partial charge in [0.25, 0.3) is 0 Å². The number of pyridine rings is 1. The van der Waals surface area contributed by atoms with E-state index in [1.807, 2.05) is 13.1 Å². The van der Waals surface area contributed by atoms with Crippen molar-refractivity contribution in [2.75, 3.05) is 18.0 Å². The van der Waals surface area contributed by atoms with Crippen molar-refractivity contribution < 1.29 is 5.11 Å². The third-order valence-electron chi connectivity index (χ3n) is 3.87. The molecular weight excluding hydrogens is 224 g/mol. The molecule has 3 heteroatoms. The molecule has 0 unspecified atom stereocenters. The lowest BCUT2D eigenvalue weighted by Crippen LogP contribution is -2.39. The van der Waals surface area contributed by atoms with Gasteiger partial charge in [0.05, 0.1) is 18.0 Å². The van der Waals surface area contributed by atoms with Crippen LogP contribution < -0.4 is 4.90 Å². The third-order valence-corrected chi connectivity index (χ3v) is 3.87. The average Bonchev–Trinajstić information content (AvgIpc) is 2.39. The largest absolute Gasteiger partial charge is 0.393 e. The number of aliphatic hydroxyl groups excluding tert-OH is 1. The summed E-state index contributed by atoms with van der Waals surface area (Å²) in [5.74, 6) is 0.870. The average molecular weight is 248 g/mol. The number of aromatic nitrogens is 1. The van der Waals surface area contributed by atoms with E-state index in [0.717, 1.165) is 31.6 Å². The molecular formula is C15H24N2O. The smallest absolute Gasteiger partial charge is 0.0557 e. The summed E-state index contributed by atoms with van der Waals surface area (Å²) < 4.78 is 0. The highest BCUT2D eigenvalue weighted by Gasteiger charge is 2.23. The molecule has 0 spiro atoms. The minimum atomic E-state index is -0.212. The summed E-state index contributed by atoms with van der Waals surface area (Å²) in [6.45, 7) is 8.24. The number of hydrogen-bond acceptors (Lipinski definition) is 3. The van der Waals surface area contributed by atoms with E-state index in [1.165, 1.54) is 5.69 Å². The molecule has 1 N–H and O–H groups in total. The third kappa shape index (κ3) is 3.02. The molecule has 1 aromatic heterocycles. The van der Waals surface area contributed by atoms with E-state index in [-0.39, 0.29) is 6.10 Å². The van der Waals surface area contributed by atoms with Crippen molar-refractivity contribution in [3.05, 3.63) is 24.0 Å². The van der Waals surface area contributed by atoms with Crippen molar-refractivity contribution in [3.63, 3.8) is 0 Å². The first-order valence-electron chi connectivity index (χ1n) is 6.97. The van der Waals surface area contributed by atoms with E-state index < -0.39 is 0 Å². The summed E-state index contributed by atoms with van der Waals surface area (Å²) in [6.07, 6.45) is 4.04. The summed E-state index contributed by atoms with van der Waals surface area (Å²) in [5.41, 5.74) is 2.33. The fourth-order valence-electron chi connectivity index (χ4n) is 2.56. The number of piperidine rings is 1. The molecule has 3 nitrogen and oxygen atoms in total. The van der Waals surface area contributed by atoms with Gasteiger partial charge in [0.1, 0.15) is 0 Å². The predicted molar refractivity (Wildman–Crippen MR) is 74.9 cm³/mol. The predicted octanol–water partition coefficient (Wildman–Crippen LogP) is 2.80. The molecule has 100 valence electrons. The lowest BCUT2D eigenvalue weighted by molar-refractivity contribution is 0.115. The van der Waals surface area contributed by atoms with E-state index in [2.05, 4.69) is 35.9 Å². The Balaban J connectivity index is 2.06. The van der Waals surface area contributed by atoms with Crippen molar-refractivity contribution in [1.29, 1.82) is 0 Å². The SMILES string of the molecule is CC(C)c1ccc(N2CCC[C@H]([C@H](C)O)C2)cn1. The molecule has 0 aliphatic carbocycles. The van der Waals surface area contributed by atoms with Crippen LogP contribution in [0.4, 0.5) is 5.69 Å². The van der Waals surface area contributed by atoms with Gasteiger partial charge >= 0.3 is 0 Å². The van der Waals surface area contributed by atoms with Gasteiger partial charge < -0.3 is 10.0 Å². The number of anilines is 1. The Kier molecular flexibility index (Phi) is 4.23. The fraction of sp³-hybridized carbons (Fsp3) is 0.667. The number of aliphatic hydroxyl groups is 1. The zero-order valence-electron chi connectivity index (χ0n) is 11.6. The molecule has 18 heavy (non-hydrogen) atoms. The second kappa shape index (κ2) is 5.70. The Morgan fingerprint density at radius 2 is 2.11 bits per heavy atom. The van der Waals surface area contributed by atoms with E-state index in [1.54, 1.807) is 0 Å². The van der Waals surface area contributed by atoms with Crippen molar-refractivity contribution in [1.82, 2.24) is 4.98 Å². The second-order valence-corrected chi connectivity index (χ2v) is 5.68. The number of nitrogens with zero attached hydrogens (tertiary/aromatic N) is 2. The van der Waals surface area contributed by atoms with Gasteiger partial charge in [-0.15, -0.1) is 0 Å². The highest BCUT2D eigenvalue weighted by molar-refractivity contribution is 5.45. The van der Waals surface area contributed by atoms with Gasteiger partial charge in [-0.3, -0.25) is 4.98 Å². The molecule has 2 atom stereocenters. The van der Waals surface area contributed by atoms with Gasteiger partial charge in [-0.1, -0.05) is 13.8 Å². The van der Waals surface area contributed by atoms with Crippen LogP contribution in [0.5, 0.6) is 0 Å². The quantitative estimate of drug-likeness (QED) is 0.893. The summed E-state index contributed by atoms with van der Waals surface area (Å²) in [6, 6.07) is 4.28. The van der Waals surface area contributed by atoms with Crippen LogP contribution in [0.1, 0.15) is 45.2 Å². The zero-order valence-corrected chi connectivity index (χ0v) is 11.6. The second-order valence-electron chi connectivity index (χ2n) is 5.68. The lowest BCUT2D eigenvalue weighted by Gasteiger charge is -2.35. The molecule has 0 radical (unpaired) electrons. The van der Waals surface area contributed by atoms with Crippen LogP contribution in [0.25, 0.3) is 0 Å². The monoisotopic (exact) mass is 248 g/mol. The highest BCUT2D eigenvalue weighted by Crippen LogP contribution is 2.25. The minimum Gasteiger partial charge on any atom is -0.393 e. The summed E-state index contributed by atoms with van der Waals surface area (Å²) >= 11 is 0. The van der Waals surface area contributed by atoms with E-state index >= 15 is 0 Å². The van der Waals surface area contributed by atoms with Crippen LogP contribution in [-0.4, -0.2) is 29.3 Å². The van der Waals surface area contributed by atoms with Crippen LogP contribution in [-0.2, 0) is 0 Å². The maximum Gasteiger partial charge on any atom is 0.0557 e. The number of rotatable bonds is 3. The molecule has 0 aromatic carbocycles. The topological polar surface area (TPSA) is 36.4 Å². The molecule has 2 rings (SSSR count). The Morgan fingerprint density at radius 3 is 2.67 bits per heavy atom. The molecule has 0 bridgehead atoms. The normalized spacial score (nSPS) is 22.3. The Bertz CT molecular complexity index is 373. The van der Waals surface area contributed by atoms with Crippen molar-refractivity contribution in [2.24, 2.45) is 5.92 Å². The minimum absolute atomic E-state index is 0.212. The molecule has 1 saturated heterocycles. The van der Waals surface area contributed by atoms with Crippen LogP contribution in [0, 0.1) is 5.92 Å². The zero-order chi connectivity index (χ0) is 13.1. The maximum atomic E-state index is 9.72. The molecule has 0 saturated carbocycles. The van der Waals surface area contributed by atoms with Crippen LogP contribution in [0.15, 0.2) is 18.3 Å². The van der Waals surface area contributed by atoms with E-state index in [4.69, 9.17) is 0 Å². The van der Waals surface area contributed by atoms with Crippen LogP contribution in [0.2, 0.25) is 0 Å². The molecule has 1 fully saturated rings. The van der Waals surface area contributed by atoms with Crippen molar-refractivity contribution in [3.8, 4) is 0 Å². The van der Waals surface area contributed by atoms with Gasteiger partial charge in [0.15, 0.2) is 0 Å². The molecule has 0 amide bonds. The van der Waals surface area contributed by atoms with Gasteiger partial charge in [-0.25, -0.2) is 0 Å². The standard InChI is InChI=1S/C15H24N2O/c1-11(2)15-7-6-14(9-16-15)17-8-4-5-13(10-17)12(3)18/h6-7,9,11-13,18H,4-5,8,10H2,1-3H3/t12-,13-/m0/s1. The maximum absolute atomic E-state index is 9.72. The molecule has 1 aromatic rings. The Labute approximate surface area is 110 Å². The van der Waals surface area contributed by atoms with Gasteiger partial charge in [-0.05, 0) is 37.8 Å². The molecule has 1 aliphatic heterocycles. The van der Waals surface area contributed by atoms with Crippen molar-refractivity contribution in [2.45, 2.75) is 45.6 Å². The first-order valence-corrected chi connectivity index (χ1v) is 6.97. The summed E-state index contributed by atoms with van der Waals surface area (Å²) in [7, 11) is 0. The summed E-state index contributed by atoms with van der Waals surface area (Å²) in [5, 5.41) is 9.72. The first-order chi connectivity index (χ1) is 8.58. The van der Waals surface area contributed by atoms with Gasteiger partial charge in [0.2, 0.25) is 0 Å².